The van der Waals surface area contributed by atoms with Gasteiger partial charge in [-0.2, -0.15) is 8.42 Å². The Balaban J connectivity index is 3.83. The summed E-state index contributed by atoms with van der Waals surface area (Å²) in [5.74, 6) is -0.893. The first-order chi connectivity index (χ1) is 23.8. The monoisotopic (exact) mass is 714 g/mol. The molecule has 0 aromatic carbocycles. The Morgan fingerprint density at radius 1 is 0.531 bits per heavy atom. The summed E-state index contributed by atoms with van der Waals surface area (Å²) >= 11 is 0. The van der Waals surface area contributed by atoms with E-state index >= 15 is 0 Å². The Morgan fingerprint density at radius 2 is 0.857 bits per heavy atom. The highest BCUT2D eigenvalue weighted by Crippen LogP contribution is 2.16. The molecule has 0 radical (unpaired) electrons. The van der Waals surface area contributed by atoms with Gasteiger partial charge in [0.1, 0.15) is 0 Å². The van der Waals surface area contributed by atoms with E-state index in [1.807, 2.05) is 0 Å². The van der Waals surface area contributed by atoms with E-state index in [-0.39, 0.29) is 5.91 Å². The molecule has 0 heterocycles. The van der Waals surface area contributed by atoms with Gasteiger partial charge in [-0.15, -0.1) is 0 Å². The van der Waals surface area contributed by atoms with Crippen LogP contribution in [0.1, 0.15) is 232 Å². The molecule has 0 saturated heterocycles. The summed E-state index contributed by atoms with van der Waals surface area (Å²) in [7, 11) is -4.31. The molecule has 0 aromatic heterocycles. The fourth-order valence-electron chi connectivity index (χ4n) is 6.74. The van der Waals surface area contributed by atoms with E-state index < -0.39 is 28.0 Å². The van der Waals surface area contributed by atoms with E-state index in [1.165, 1.54) is 167 Å². The van der Waals surface area contributed by atoms with Crippen molar-refractivity contribution in [2.45, 2.75) is 244 Å². The maximum absolute atomic E-state index is 12.5. The standard InChI is InChI=1S/C42H83NO5S/c1-3-5-7-9-11-13-15-17-19-21-22-24-26-28-30-32-34-36-38-42(45)43-40(39-49(46,47)48)41(44)37-35-33-31-29-27-25-23-20-18-16-14-12-10-8-6-4-2/h19,21,40-41,44H,3-18,20,22-39H2,1-2H3,(H,43,45)(H,46,47,48)/b21-19-. The van der Waals surface area contributed by atoms with Crippen molar-refractivity contribution in [2.75, 3.05) is 5.75 Å². The third-order valence-corrected chi connectivity index (χ3v) is 10.8. The van der Waals surface area contributed by atoms with Gasteiger partial charge < -0.3 is 10.4 Å². The summed E-state index contributed by atoms with van der Waals surface area (Å²) in [6.07, 6.45) is 44.4. The molecular formula is C42H83NO5S. The zero-order chi connectivity index (χ0) is 36.1. The van der Waals surface area contributed by atoms with Crippen LogP contribution in [0.4, 0.5) is 0 Å². The third-order valence-electron chi connectivity index (χ3n) is 9.97. The molecule has 292 valence electrons. The van der Waals surface area contributed by atoms with Crippen LogP contribution in [0.5, 0.6) is 0 Å². The molecule has 0 aliphatic carbocycles. The van der Waals surface area contributed by atoms with Crippen molar-refractivity contribution in [3.63, 3.8) is 0 Å². The van der Waals surface area contributed by atoms with Crippen molar-refractivity contribution in [1.29, 1.82) is 0 Å². The average molecular weight is 714 g/mol. The topological polar surface area (TPSA) is 104 Å². The number of rotatable bonds is 39. The van der Waals surface area contributed by atoms with Gasteiger partial charge in [-0.25, -0.2) is 0 Å². The van der Waals surface area contributed by atoms with Gasteiger partial charge in [-0.05, 0) is 38.5 Å². The molecule has 1 amide bonds. The van der Waals surface area contributed by atoms with Crippen molar-refractivity contribution < 1.29 is 22.9 Å². The first kappa shape index (κ1) is 48.1. The summed E-state index contributed by atoms with van der Waals surface area (Å²) in [5.41, 5.74) is 0. The molecule has 0 spiro atoms. The summed E-state index contributed by atoms with van der Waals surface area (Å²) in [5, 5.41) is 13.4. The van der Waals surface area contributed by atoms with Crippen LogP contribution in [0.25, 0.3) is 0 Å². The number of aliphatic hydroxyl groups is 1. The van der Waals surface area contributed by atoms with Crippen molar-refractivity contribution in [1.82, 2.24) is 5.32 Å². The van der Waals surface area contributed by atoms with Crippen molar-refractivity contribution >= 4 is 16.0 Å². The molecular weight excluding hydrogens is 631 g/mol. The predicted octanol–water partition coefficient (Wildman–Crippen LogP) is 12.6. The fraction of sp³-hybridized carbons (Fsp3) is 0.929. The number of allylic oxidation sites excluding steroid dienone is 2. The lowest BCUT2D eigenvalue weighted by molar-refractivity contribution is -0.122. The normalized spacial score (nSPS) is 13.3. The van der Waals surface area contributed by atoms with E-state index in [0.717, 1.165) is 38.5 Å². The number of hydrogen-bond donors (Lipinski definition) is 3. The zero-order valence-electron chi connectivity index (χ0n) is 32.6. The number of nitrogens with one attached hydrogen (secondary N) is 1. The molecule has 3 N–H and O–H groups in total. The van der Waals surface area contributed by atoms with Gasteiger partial charge in [-0.3, -0.25) is 9.35 Å². The van der Waals surface area contributed by atoms with E-state index in [2.05, 4.69) is 31.3 Å². The Labute approximate surface area is 305 Å². The van der Waals surface area contributed by atoms with Gasteiger partial charge in [0.15, 0.2) is 0 Å². The molecule has 0 aliphatic heterocycles. The van der Waals surface area contributed by atoms with Crippen molar-refractivity contribution in [2.24, 2.45) is 0 Å². The highest BCUT2D eigenvalue weighted by Gasteiger charge is 2.26. The van der Waals surface area contributed by atoms with E-state index in [1.54, 1.807) is 0 Å². The largest absolute Gasteiger partial charge is 0.391 e. The third kappa shape index (κ3) is 38.1. The van der Waals surface area contributed by atoms with Crippen LogP contribution < -0.4 is 5.32 Å². The number of amides is 1. The average Bonchev–Trinajstić information content (AvgIpc) is 3.06. The molecule has 0 rings (SSSR count). The molecule has 0 saturated carbocycles. The minimum absolute atomic E-state index is 0.247. The molecule has 0 aliphatic rings. The summed E-state index contributed by atoms with van der Waals surface area (Å²) in [6.45, 7) is 4.53. The lowest BCUT2D eigenvalue weighted by atomic mass is 10.0. The Bertz CT molecular complexity index is 831. The molecule has 0 bridgehead atoms. The second-order valence-corrected chi connectivity index (χ2v) is 16.5. The van der Waals surface area contributed by atoms with Gasteiger partial charge in [0, 0.05) is 6.42 Å². The minimum atomic E-state index is -4.31. The van der Waals surface area contributed by atoms with Gasteiger partial charge in [-0.1, -0.05) is 199 Å². The number of hydrogen-bond acceptors (Lipinski definition) is 4. The van der Waals surface area contributed by atoms with Crippen molar-refractivity contribution in [3.8, 4) is 0 Å². The quantitative estimate of drug-likeness (QED) is 0.0334. The van der Waals surface area contributed by atoms with Gasteiger partial charge >= 0.3 is 0 Å². The predicted molar refractivity (Wildman–Crippen MR) is 212 cm³/mol. The first-order valence-electron chi connectivity index (χ1n) is 21.4. The summed E-state index contributed by atoms with van der Waals surface area (Å²) in [4.78, 5) is 12.5. The Morgan fingerprint density at radius 3 is 1.22 bits per heavy atom. The van der Waals surface area contributed by atoms with Crippen LogP contribution in [-0.4, -0.2) is 41.9 Å². The van der Waals surface area contributed by atoms with Crippen molar-refractivity contribution in [3.05, 3.63) is 12.2 Å². The maximum atomic E-state index is 12.5. The Kier molecular flexibility index (Phi) is 36.2. The lowest BCUT2D eigenvalue weighted by Crippen LogP contribution is -2.47. The van der Waals surface area contributed by atoms with Crippen LogP contribution in [0.15, 0.2) is 12.2 Å². The molecule has 2 atom stereocenters. The van der Waals surface area contributed by atoms with Crippen LogP contribution in [0, 0.1) is 0 Å². The maximum Gasteiger partial charge on any atom is 0.266 e. The van der Waals surface area contributed by atoms with Gasteiger partial charge in [0.25, 0.3) is 10.1 Å². The van der Waals surface area contributed by atoms with E-state index in [9.17, 15) is 22.9 Å². The molecule has 7 heteroatoms. The van der Waals surface area contributed by atoms with E-state index in [0.29, 0.717) is 12.8 Å². The molecule has 6 nitrogen and oxygen atoms in total. The smallest absolute Gasteiger partial charge is 0.266 e. The first-order valence-corrected chi connectivity index (χ1v) is 23.0. The van der Waals surface area contributed by atoms with Crippen LogP contribution in [-0.2, 0) is 14.9 Å². The zero-order valence-corrected chi connectivity index (χ0v) is 33.4. The molecule has 0 aromatic rings. The second kappa shape index (κ2) is 36.9. The van der Waals surface area contributed by atoms with Crippen LogP contribution in [0.2, 0.25) is 0 Å². The van der Waals surface area contributed by atoms with Gasteiger partial charge in [0.05, 0.1) is 17.9 Å². The molecule has 0 fully saturated rings. The highest BCUT2D eigenvalue weighted by atomic mass is 32.2. The number of unbranched alkanes of at least 4 members (excludes halogenated alkanes) is 29. The minimum Gasteiger partial charge on any atom is -0.391 e. The SMILES string of the molecule is CCCCCCCCC/C=C\CCCCCCCCCC(=O)NC(CS(=O)(=O)O)C(O)CCCCCCCCCCCCCCCCCC. The highest BCUT2D eigenvalue weighted by molar-refractivity contribution is 7.85. The number of aliphatic hydroxyl groups excluding tert-OH is 1. The summed E-state index contributed by atoms with van der Waals surface area (Å²) in [6, 6.07) is -0.969. The van der Waals surface area contributed by atoms with E-state index in [4.69, 9.17) is 0 Å². The van der Waals surface area contributed by atoms with Gasteiger partial charge in [0.2, 0.25) is 5.91 Å². The number of carbonyl (C=O) groups excluding carboxylic acids is 1. The Hall–Kier alpha value is -0.920. The second-order valence-electron chi connectivity index (χ2n) is 15.0. The van der Waals surface area contributed by atoms with Crippen LogP contribution in [0.3, 0.4) is 0 Å². The van der Waals surface area contributed by atoms with Crippen LogP contribution >= 0.6 is 0 Å². The number of carbonyl (C=O) groups is 1. The molecule has 49 heavy (non-hydrogen) atoms. The fourth-order valence-corrected chi connectivity index (χ4v) is 7.50. The lowest BCUT2D eigenvalue weighted by Gasteiger charge is -2.23. The summed E-state index contributed by atoms with van der Waals surface area (Å²) < 4.78 is 32.6. The molecule has 2 unspecified atom stereocenters.